The van der Waals surface area contributed by atoms with E-state index in [2.05, 4.69) is 22.2 Å². The van der Waals surface area contributed by atoms with Gasteiger partial charge in [0.1, 0.15) is 0 Å². The minimum Gasteiger partial charge on any atom is -0.375 e. The first-order valence-electron chi connectivity index (χ1n) is 5.62. The zero-order valence-electron chi connectivity index (χ0n) is 8.78. The fourth-order valence-corrected chi connectivity index (χ4v) is 2.91. The molecule has 80 valence electrons. The topological polar surface area (TPSA) is 27.7 Å². The third-order valence-corrected chi connectivity index (χ3v) is 3.70. The summed E-state index contributed by atoms with van der Waals surface area (Å²) >= 11 is 0. The Kier molecular flexibility index (Phi) is 2.24. The van der Waals surface area contributed by atoms with Crippen molar-refractivity contribution in [3.8, 4) is 0 Å². The summed E-state index contributed by atoms with van der Waals surface area (Å²) in [6, 6.07) is 0.684. The molecule has 0 aromatic carbocycles. The summed E-state index contributed by atoms with van der Waals surface area (Å²) in [7, 11) is 2.21. The fourth-order valence-electron chi connectivity index (χ4n) is 2.91. The summed E-state index contributed by atoms with van der Waals surface area (Å²) in [5, 5.41) is 3.60. The Balaban J connectivity index is 1.65. The van der Waals surface area contributed by atoms with Crippen molar-refractivity contribution in [2.24, 2.45) is 0 Å². The second-order valence-electron chi connectivity index (χ2n) is 4.77. The van der Waals surface area contributed by atoms with Crippen molar-refractivity contribution in [2.45, 2.75) is 24.7 Å². The van der Waals surface area contributed by atoms with Gasteiger partial charge in [-0.1, -0.05) is 0 Å². The Morgan fingerprint density at radius 2 is 2.29 bits per heavy atom. The maximum Gasteiger partial charge on any atom is 0.0732 e. The Labute approximate surface area is 85.2 Å². The number of hydrogen-bond donors (Lipinski definition) is 1. The fraction of sp³-hybridized carbons (Fsp3) is 1.00. The summed E-state index contributed by atoms with van der Waals surface area (Å²) in [4.78, 5) is 5.01. The van der Waals surface area contributed by atoms with Gasteiger partial charge in [-0.2, -0.15) is 0 Å². The number of fused-ring (bicyclic) bond motifs is 2. The van der Waals surface area contributed by atoms with Crippen molar-refractivity contribution in [3.05, 3.63) is 0 Å². The van der Waals surface area contributed by atoms with Crippen molar-refractivity contribution in [1.29, 1.82) is 0 Å². The van der Waals surface area contributed by atoms with Gasteiger partial charge in [-0.25, -0.2) is 0 Å². The first kappa shape index (κ1) is 9.09. The second-order valence-corrected chi connectivity index (χ2v) is 4.77. The summed E-state index contributed by atoms with van der Waals surface area (Å²) in [5.74, 6) is 0. The number of morpholine rings is 1. The van der Waals surface area contributed by atoms with Crippen LogP contribution in [0.5, 0.6) is 0 Å². The molecule has 0 radical (unpaired) electrons. The average molecular weight is 197 g/mol. The average Bonchev–Trinajstić information content (AvgIpc) is 2.78. The van der Waals surface area contributed by atoms with Gasteiger partial charge < -0.3 is 9.64 Å². The van der Waals surface area contributed by atoms with Crippen LogP contribution in [0, 0.1) is 0 Å². The molecule has 0 saturated carbocycles. The molecular formula is C10H19N3O. The van der Waals surface area contributed by atoms with Gasteiger partial charge in [-0.05, 0) is 13.5 Å². The number of ether oxygens (including phenoxy) is 1. The number of hydrogen-bond acceptors (Lipinski definition) is 4. The van der Waals surface area contributed by atoms with Gasteiger partial charge in [0, 0.05) is 32.2 Å². The van der Waals surface area contributed by atoms with Crippen LogP contribution in [0.2, 0.25) is 0 Å². The van der Waals surface area contributed by atoms with E-state index in [0.29, 0.717) is 18.3 Å². The van der Waals surface area contributed by atoms with Crippen LogP contribution in [-0.4, -0.2) is 67.9 Å². The van der Waals surface area contributed by atoms with E-state index in [9.17, 15) is 0 Å². The Morgan fingerprint density at radius 1 is 1.36 bits per heavy atom. The number of piperazine rings is 1. The molecule has 3 atom stereocenters. The first-order chi connectivity index (χ1) is 6.83. The summed E-state index contributed by atoms with van der Waals surface area (Å²) < 4.78 is 5.62. The van der Waals surface area contributed by atoms with E-state index >= 15 is 0 Å². The van der Waals surface area contributed by atoms with E-state index in [1.165, 1.54) is 13.0 Å². The third kappa shape index (κ3) is 1.46. The first-order valence-corrected chi connectivity index (χ1v) is 5.62. The highest BCUT2D eigenvalue weighted by Crippen LogP contribution is 2.29. The van der Waals surface area contributed by atoms with Gasteiger partial charge in [-0.15, -0.1) is 0 Å². The standard InChI is InChI=1S/C10H19N3O/c1-12-3-2-11-10(6-12)13-5-9-4-8(13)7-14-9/h8-11H,2-7H2,1H3/t8-,9-,10?/m0/s1. The Morgan fingerprint density at radius 3 is 2.93 bits per heavy atom. The van der Waals surface area contributed by atoms with Crippen molar-refractivity contribution in [1.82, 2.24) is 15.1 Å². The molecule has 4 nitrogen and oxygen atoms in total. The number of likely N-dealkylation sites (tertiary alicyclic amines) is 1. The molecule has 1 unspecified atom stereocenters. The smallest absolute Gasteiger partial charge is 0.0732 e. The van der Waals surface area contributed by atoms with Crippen LogP contribution in [0.15, 0.2) is 0 Å². The van der Waals surface area contributed by atoms with Crippen LogP contribution in [0.3, 0.4) is 0 Å². The molecule has 3 heterocycles. The van der Waals surface area contributed by atoms with Crippen LogP contribution >= 0.6 is 0 Å². The molecule has 3 rings (SSSR count). The quantitative estimate of drug-likeness (QED) is 0.603. The maximum atomic E-state index is 5.62. The van der Waals surface area contributed by atoms with Crippen molar-refractivity contribution < 1.29 is 4.74 Å². The van der Waals surface area contributed by atoms with Crippen LogP contribution in [0.25, 0.3) is 0 Å². The maximum absolute atomic E-state index is 5.62. The number of nitrogens with one attached hydrogen (secondary N) is 1. The molecule has 3 saturated heterocycles. The van der Waals surface area contributed by atoms with Gasteiger partial charge >= 0.3 is 0 Å². The molecule has 3 aliphatic rings. The Bertz CT molecular complexity index is 223. The largest absolute Gasteiger partial charge is 0.375 e. The van der Waals surface area contributed by atoms with Crippen molar-refractivity contribution >= 4 is 0 Å². The molecule has 0 aliphatic carbocycles. The molecule has 0 aromatic heterocycles. The molecule has 14 heavy (non-hydrogen) atoms. The SMILES string of the molecule is CN1CCNC(N2C[C@@H]3C[C@H]2CO3)C1. The summed E-state index contributed by atoms with van der Waals surface area (Å²) in [5.41, 5.74) is 0. The molecule has 3 aliphatic heterocycles. The third-order valence-electron chi connectivity index (χ3n) is 3.70. The van der Waals surface area contributed by atoms with Gasteiger partial charge in [0.25, 0.3) is 0 Å². The lowest BCUT2D eigenvalue weighted by molar-refractivity contribution is -0.00987. The summed E-state index contributed by atoms with van der Waals surface area (Å²) in [6.45, 7) is 5.54. The molecular weight excluding hydrogens is 178 g/mol. The molecule has 4 heteroatoms. The second kappa shape index (κ2) is 3.45. The monoisotopic (exact) mass is 197 g/mol. The minimum atomic E-state index is 0.522. The molecule has 3 fully saturated rings. The van der Waals surface area contributed by atoms with Crippen molar-refractivity contribution in [3.63, 3.8) is 0 Å². The van der Waals surface area contributed by atoms with E-state index < -0.39 is 0 Å². The van der Waals surface area contributed by atoms with Gasteiger partial charge in [0.15, 0.2) is 0 Å². The molecule has 1 N–H and O–H groups in total. The normalized spacial score (nSPS) is 44.8. The van der Waals surface area contributed by atoms with Gasteiger partial charge in [0.2, 0.25) is 0 Å². The highest BCUT2D eigenvalue weighted by Gasteiger charge is 2.42. The molecule has 2 bridgehead atoms. The van der Waals surface area contributed by atoms with E-state index in [1.54, 1.807) is 0 Å². The molecule has 0 aromatic rings. The number of rotatable bonds is 1. The highest BCUT2D eigenvalue weighted by molar-refractivity contribution is 4.95. The van der Waals surface area contributed by atoms with Crippen LogP contribution in [-0.2, 0) is 4.74 Å². The molecule has 0 amide bonds. The lowest BCUT2D eigenvalue weighted by atomic mass is 10.2. The zero-order chi connectivity index (χ0) is 9.54. The van der Waals surface area contributed by atoms with E-state index in [-0.39, 0.29) is 0 Å². The van der Waals surface area contributed by atoms with E-state index in [1.807, 2.05) is 0 Å². The molecule has 0 spiro atoms. The van der Waals surface area contributed by atoms with Crippen molar-refractivity contribution in [2.75, 3.05) is 39.8 Å². The highest BCUT2D eigenvalue weighted by atomic mass is 16.5. The number of nitrogens with zero attached hydrogens (tertiary/aromatic N) is 2. The lowest BCUT2D eigenvalue weighted by Crippen LogP contribution is -2.60. The zero-order valence-corrected chi connectivity index (χ0v) is 8.78. The Hall–Kier alpha value is -0.160. The van der Waals surface area contributed by atoms with E-state index in [4.69, 9.17) is 4.74 Å². The summed E-state index contributed by atoms with van der Waals surface area (Å²) in [6.07, 6.45) is 2.34. The predicted octanol–water partition coefficient (Wildman–Crippen LogP) is -0.679. The van der Waals surface area contributed by atoms with Crippen LogP contribution in [0.1, 0.15) is 6.42 Å². The lowest BCUT2D eigenvalue weighted by Gasteiger charge is -2.40. The number of likely N-dealkylation sites (N-methyl/N-ethyl adjacent to an activating group) is 1. The van der Waals surface area contributed by atoms with E-state index in [0.717, 1.165) is 26.2 Å². The van der Waals surface area contributed by atoms with Crippen LogP contribution < -0.4 is 5.32 Å². The minimum absolute atomic E-state index is 0.522. The van der Waals surface area contributed by atoms with Gasteiger partial charge in [0.05, 0.1) is 18.9 Å². The van der Waals surface area contributed by atoms with Crippen LogP contribution in [0.4, 0.5) is 0 Å². The predicted molar refractivity (Wildman–Crippen MR) is 54.1 cm³/mol. The van der Waals surface area contributed by atoms with Gasteiger partial charge in [-0.3, -0.25) is 10.2 Å².